The molecular weight excluding hydrogens is 242 g/mol. The van der Waals surface area contributed by atoms with Crippen LogP contribution in [0.15, 0.2) is 42.7 Å². The maximum absolute atomic E-state index is 11.5. The van der Waals surface area contributed by atoms with Crippen molar-refractivity contribution in [1.29, 1.82) is 0 Å². The molecule has 0 fully saturated rings. The minimum Gasteiger partial charge on any atom is -0.465 e. The predicted molar refractivity (Wildman–Crippen MR) is 71.9 cm³/mol. The minimum absolute atomic E-state index is 0.341. The van der Waals surface area contributed by atoms with Crippen molar-refractivity contribution < 1.29 is 9.53 Å². The Labute approximate surface area is 112 Å². The van der Waals surface area contributed by atoms with Gasteiger partial charge in [-0.25, -0.2) is 4.98 Å². The standard InChI is InChI=1S/C14H17N3O2/c1-2-19-14(18)12(15)10-11-6-5-9-17(11)13-7-3-4-8-16-13/h3-9,12H,2,10,15H2,1H3. The zero-order valence-corrected chi connectivity index (χ0v) is 10.8. The molecule has 5 nitrogen and oxygen atoms in total. The molecule has 0 saturated carbocycles. The fourth-order valence-corrected chi connectivity index (χ4v) is 1.86. The Kier molecular flexibility index (Phi) is 4.30. The van der Waals surface area contributed by atoms with E-state index in [9.17, 15) is 4.79 Å². The number of carbonyl (C=O) groups excluding carboxylic acids is 1. The molecule has 0 radical (unpaired) electrons. The van der Waals surface area contributed by atoms with Gasteiger partial charge in [0.15, 0.2) is 0 Å². The molecule has 100 valence electrons. The summed E-state index contributed by atoms with van der Waals surface area (Å²) in [5.41, 5.74) is 6.76. The molecule has 2 heterocycles. The Hall–Kier alpha value is -2.14. The number of esters is 1. The smallest absolute Gasteiger partial charge is 0.323 e. The molecule has 1 atom stereocenters. The summed E-state index contributed by atoms with van der Waals surface area (Å²) in [6.45, 7) is 2.11. The Morgan fingerprint density at radius 2 is 2.26 bits per heavy atom. The molecular formula is C14H17N3O2. The summed E-state index contributed by atoms with van der Waals surface area (Å²) in [6, 6.07) is 8.85. The van der Waals surface area contributed by atoms with Gasteiger partial charge in [-0.2, -0.15) is 0 Å². The summed E-state index contributed by atoms with van der Waals surface area (Å²) in [5, 5.41) is 0. The Morgan fingerprint density at radius 3 is 2.95 bits per heavy atom. The molecule has 0 aliphatic rings. The average Bonchev–Trinajstić information content (AvgIpc) is 2.88. The lowest BCUT2D eigenvalue weighted by atomic mass is 10.1. The highest BCUT2D eigenvalue weighted by molar-refractivity contribution is 5.75. The SMILES string of the molecule is CCOC(=O)C(N)Cc1cccn1-c1ccccn1. The maximum Gasteiger partial charge on any atom is 0.323 e. The average molecular weight is 259 g/mol. The second-order valence-electron chi connectivity index (χ2n) is 4.12. The highest BCUT2D eigenvalue weighted by Crippen LogP contribution is 2.11. The van der Waals surface area contributed by atoms with Crippen molar-refractivity contribution in [2.24, 2.45) is 5.73 Å². The number of pyridine rings is 1. The van der Waals surface area contributed by atoms with E-state index in [-0.39, 0.29) is 5.97 Å². The van der Waals surface area contributed by atoms with Crippen LogP contribution in [0, 0.1) is 0 Å². The maximum atomic E-state index is 11.5. The van der Waals surface area contributed by atoms with Crippen molar-refractivity contribution in [2.45, 2.75) is 19.4 Å². The van der Waals surface area contributed by atoms with Gasteiger partial charge in [0, 0.05) is 24.5 Å². The lowest BCUT2D eigenvalue weighted by molar-refractivity contribution is -0.144. The van der Waals surface area contributed by atoms with E-state index in [1.54, 1.807) is 13.1 Å². The van der Waals surface area contributed by atoms with Gasteiger partial charge in [0.25, 0.3) is 0 Å². The molecule has 2 aromatic rings. The van der Waals surface area contributed by atoms with Crippen LogP contribution in [-0.2, 0) is 16.0 Å². The van der Waals surface area contributed by atoms with Crippen molar-refractivity contribution in [2.75, 3.05) is 6.61 Å². The van der Waals surface area contributed by atoms with Crippen molar-refractivity contribution in [3.63, 3.8) is 0 Å². The highest BCUT2D eigenvalue weighted by Gasteiger charge is 2.17. The first-order chi connectivity index (χ1) is 9.22. The van der Waals surface area contributed by atoms with E-state index in [1.165, 1.54) is 0 Å². The number of carbonyl (C=O) groups is 1. The van der Waals surface area contributed by atoms with E-state index in [4.69, 9.17) is 10.5 Å². The largest absolute Gasteiger partial charge is 0.465 e. The third-order valence-electron chi connectivity index (χ3n) is 2.75. The number of rotatable bonds is 5. The fourth-order valence-electron chi connectivity index (χ4n) is 1.86. The second-order valence-corrected chi connectivity index (χ2v) is 4.12. The Bertz CT molecular complexity index is 537. The summed E-state index contributed by atoms with van der Waals surface area (Å²) < 4.78 is 6.82. The number of aromatic nitrogens is 2. The topological polar surface area (TPSA) is 70.1 Å². The van der Waals surface area contributed by atoms with E-state index < -0.39 is 6.04 Å². The molecule has 0 aliphatic carbocycles. The molecule has 0 aromatic carbocycles. The van der Waals surface area contributed by atoms with Gasteiger partial charge in [0.2, 0.25) is 0 Å². The summed E-state index contributed by atoms with van der Waals surface area (Å²) in [5.74, 6) is 0.426. The lowest BCUT2D eigenvalue weighted by Crippen LogP contribution is -2.35. The molecule has 0 saturated heterocycles. The first kappa shape index (κ1) is 13.3. The van der Waals surface area contributed by atoms with Gasteiger partial charge in [0.05, 0.1) is 6.61 Å². The quantitative estimate of drug-likeness (QED) is 0.822. The van der Waals surface area contributed by atoms with Crippen molar-refractivity contribution in [3.05, 3.63) is 48.4 Å². The molecule has 2 rings (SSSR count). The van der Waals surface area contributed by atoms with E-state index >= 15 is 0 Å². The van der Waals surface area contributed by atoms with Gasteiger partial charge in [-0.3, -0.25) is 4.79 Å². The molecule has 2 N–H and O–H groups in total. The second kappa shape index (κ2) is 6.15. The molecule has 0 aliphatic heterocycles. The molecule has 19 heavy (non-hydrogen) atoms. The number of ether oxygens (including phenoxy) is 1. The number of nitrogens with zero attached hydrogens (tertiary/aromatic N) is 2. The van der Waals surface area contributed by atoms with E-state index in [2.05, 4.69) is 4.98 Å². The van der Waals surface area contributed by atoms with Crippen molar-refractivity contribution in [1.82, 2.24) is 9.55 Å². The van der Waals surface area contributed by atoms with Crippen LogP contribution in [0.1, 0.15) is 12.6 Å². The first-order valence-electron chi connectivity index (χ1n) is 6.22. The van der Waals surface area contributed by atoms with Crippen LogP contribution in [0.3, 0.4) is 0 Å². The van der Waals surface area contributed by atoms with Crippen molar-refractivity contribution in [3.8, 4) is 5.82 Å². The molecule has 0 spiro atoms. The monoisotopic (exact) mass is 259 g/mol. The summed E-state index contributed by atoms with van der Waals surface area (Å²) in [6.07, 6.45) is 4.04. The molecule has 0 bridgehead atoms. The van der Waals surface area contributed by atoms with Gasteiger partial charge in [0.1, 0.15) is 11.9 Å². The van der Waals surface area contributed by atoms with Gasteiger partial charge in [-0.05, 0) is 31.2 Å². The first-order valence-corrected chi connectivity index (χ1v) is 6.22. The van der Waals surface area contributed by atoms with Gasteiger partial charge >= 0.3 is 5.97 Å². The normalized spacial score (nSPS) is 12.1. The zero-order valence-electron chi connectivity index (χ0n) is 10.8. The fraction of sp³-hybridized carbons (Fsp3) is 0.286. The van der Waals surface area contributed by atoms with Crippen LogP contribution in [0.5, 0.6) is 0 Å². The van der Waals surface area contributed by atoms with Crippen LogP contribution in [0.25, 0.3) is 5.82 Å². The van der Waals surface area contributed by atoms with Gasteiger partial charge < -0.3 is 15.0 Å². The van der Waals surface area contributed by atoms with Gasteiger partial charge in [-0.1, -0.05) is 6.07 Å². The van der Waals surface area contributed by atoms with Crippen LogP contribution >= 0.6 is 0 Å². The number of hydrogen-bond donors (Lipinski definition) is 1. The third-order valence-corrected chi connectivity index (χ3v) is 2.75. The third kappa shape index (κ3) is 3.20. The number of hydrogen-bond acceptors (Lipinski definition) is 4. The Balaban J connectivity index is 2.15. The molecule has 0 amide bonds. The molecule has 2 aromatic heterocycles. The number of nitrogens with two attached hydrogens (primary N) is 1. The van der Waals surface area contributed by atoms with Crippen LogP contribution in [0.2, 0.25) is 0 Å². The molecule has 1 unspecified atom stereocenters. The minimum atomic E-state index is -0.655. The lowest BCUT2D eigenvalue weighted by Gasteiger charge is -2.12. The predicted octanol–water partition coefficient (Wildman–Crippen LogP) is 1.31. The van der Waals surface area contributed by atoms with E-state index in [0.717, 1.165) is 11.5 Å². The summed E-state index contributed by atoms with van der Waals surface area (Å²) >= 11 is 0. The highest BCUT2D eigenvalue weighted by atomic mass is 16.5. The molecule has 5 heteroatoms. The summed E-state index contributed by atoms with van der Waals surface area (Å²) in [4.78, 5) is 15.8. The van der Waals surface area contributed by atoms with Crippen LogP contribution < -0.4 is 5.73 Å². The summed E-state index contributed by atoms with van der Waals surface area (Å²) in [7, 11) is 0. The van der Waals surface area contributed by atoms with Crippen molar-refractivity contribution >= 4 is 5.97 Å². The zero-order chi connectivity index (χ0) is 13.7. The van der Waals surface area contributed by atoms with Gasteiger partial charge in [-0.15, -0.1) is 0 Å². The Morgan fingerprint density at radius 1 is 1.42 bits per heavy atom. The van der Waals surface area contributed by atoms with Crippen LogP contribution in [0.4, 0.5) is 0 Å². The van der Waals surface area contributed by atoms with Crippen LogP contribution in [-0.4, -0.2) is 28.2 Å². The van der Waals surface area contributed by atoms with E-state index in [0.29, 0.717) is 13.0 Å². The van der Waals surface area contributed by atoms with E-state index in [1.807, 2.05) is 41.1 Å².